The van der Waals surface area contributed by atoms with Gasteiger partial charge in [-0.2, -0.15) is 13.2 Å². The predicted octanol–water partition coefficient (Wildman–Crippen LogP) is 0.915. The first-order valence-electron chi connectivity index (χ1n) is 3.41. The van der Waals surface area contributed by atoms with Crippen LogP contribution >= 0.6 is 11.6 Å². The molecule has 1 atom stereocenters. The molecular formula is C6H5ClF3NO2. The summed E-state index contributed by atoms with van der Waals surface area (Å²) in [6.45, 7) is -0.0680. The molecule has 1 amide bonds. The van der Waals surface area contributed by atoms with Gasteiger partial charge in [-0.1, -0.05) is 0 Å². The van der Waals surface area contributed by atoms with E-state index in [0.717, 1.165) is 0 Å². The number of hydrogen-bond donors (Lipinski definition) is 0. The Morgan fingerprint density at radius 1 is 1.38 bits per heavy atom. The van der Waals surface area contributed by atoms with E-state index in [0.29, 0.717) is 4.90 Å². The number of carbonyl (C=O) groups is 2. The summed E-state index contributed by atoms with van der Waals surface area (Å²) in [4.78, 5) is 21.4. The summed E-state index contributed by atoms with van der Waals surface area (Å²) in [6.07, 6.45) is -4.73. The number of rotatable bonds is 1. The number of carbonyl (C=O) groups excluding carboxylic acids is 2. The molecule has 0 spiro atoms. The number of alkyl halides is 3. The Bertz CT molecular complexity index is 253. The van der Waals surface area contributed by atoms with Crippen LogP contribution in [0.5, 0.6) is 0 Å². The molecule has 0 saturated carbocycles. The molecule has 0 radical (unpaired) electrons. The second kappa shape index (κ2) is 3.17. The molecule has 1 heterocycles. The Labute approximate surface area is 76.4 Å². The van der Waals surface area contributed by atoms with Gasteiger partial charge in [0.15, 0.2) is 0 Å². The molecule has 0 N–H and O–H groups in total. The minimum absolute atomic E-state index is 0.0680. The Morgan fingerprint density at radius 2 is 1.92 bits per heavy atom. The van der Waals surface area contributed by atoms with E-state index >= 15 is 0 Å². The molecule has 7 heteroatoms. The molecule has 0 unspecified atom stereocenters. The van der Waals surface area contributed by atoms with Crippen LogP contribution in [0.2, 0.25) is 0 Å². The zero-order valence-electron chi connectivity index (χ0n) is 6.27. The van der Waals surface area contributed by atoms with Crippen LogP contribution in [0.1, 0.15) is 6.42 Å². The van der Waals surface area contributed by atoms with E-state index < -0.39 is 23.4 Å². The van der Waals surface area contributed by atoms with E-state index in [1.54, 1.807) is 0 Å². The van der Waals surface area contributed by atoms with Crippen molar-refractivity contribution in [3.8, 4) is 0 Å². The minimum Gasteiger partial charge on any atom is -0.323 e. The molecular weight excluding hydrogens is 211 g/mol. The first-order chi connectivity index (χ1) is 5.84. The first kappa shape index (κ1) is 10.3. The molecule has 0 aliphatic carbocycles. The molecule has 0 bridgehead atoms. The van der Waals surface area contributed by atoms with Gasteiger partial charge in [-0.05, 0) is 18.0 Å². The highest BCUT2D eigenvalue weighted by atomic mass is 35.5. The fourth-order valence-electron chi connectivity index (χ4n) is 1.03. The van der Waals surface area contributed by atoms with Gasteiger partial charge in [0.25, 0.3) is 0 Å². The molecule has 74 valence electrons. The summed E-state index contributed by atoms with van der Waals surface area (Å²) in [6, 6.07) is -1.10. The second-order valence-corrected chi connectivity index (χ2v) is 2.98. The third-order valence-electron chi connectivity index (χ3n) is 1.79. The van der Waals surface area contributed by atoms with Crippen molar-refractivity contribution in [2.24, 2.45) is 0 Å². The van der Waals surface area contributed by atoms with Crippen molar-refractivity contribution in [1.82, 2.24) is 4.90 Å². The first-order valence-corrected chi connectivity index (χ1v) is 3.79. The maximum atomic E-state index is 11.8. The topological polar surface area (TPSA) is 37.4 Å². The summed E-state index contributed by atoms with van der Waals surface area (Å²) < 4.78 is 35.4. The lowest BCUT2D eigenvalue weighted by atomic mass is 10.0. The number of amides is 1. The highest BCUT2D eigenvalue weighted by Gasteiger charge is 2.49. The van der Waals surface area contributed by atoms with Gasteiger partial charge in [0, 0.05) is 6.54 Å². The summed E-state index contributed by atoms with van der Waals surface area (Å²) >= 11 is 4.97. The van der Waals surface area contributed by atoms with Crippen LogP contribution in [0.4, 0.5) is 13.2 Å². The van der Waals surface area contributed by atoms with Gasteiger partial charge in [-0.3, -0.25) is 9.59 Å². The van der Waals surface area contributed by atoms with E-state index in [4.69, 9.17) is 11.6 Å². The van der Waals surface area contributed by atoms with Gasteiger partial charge in [0.2, 0.25) is 5.24 Å². The van der Waals surface area contributed by atoms with E-state index in [2.05, 4.69) is 0 Å². The Balaban J connectivity index is 2.65. The smallest absolute Gasteiger partial charge is 0.323 e. The molecule has 1 aliphatic heterocycles. The van der Waals surface area contributed by atoms with Gasteiger partial charge in [-0.25, -0.2) is 0 Å². The normalized spacial score (nSPS) is 22.5. The quantitative estimate of drug-likeness (QED) is 0.610. The largest absolute Gasteiger partial charge is 0.471 e. The van der Waals surface area contributed by atoms with Crippen molar-refractivity contribution >= 4 is 22.8 Å². The molecule has 1 aliphatic rings. The monoisotopic (exact) mass is 215 g/mol. The molecule has 0 aromatic rings. The molecule has 1 fully saturated rings. The van der Waals surface area contributed by atoms with Gasteiger partial charge >= 0.3 is 12.1 Å². The lowest BCUT2D eigenvalue weighted by molar-refractivity contribution is -0.192. The van der Waals surface area contributed by atoms with E-state index in [-0.39, 0.29) is 13.0 Å². The molecule has 0 aromatic carbocycles. The van der Waals surface area contributed by atoms with Gasteiger partial charge in [-0.15, -0.1) is 0 Å². The number of nitrogens with zero attached hydrogens (tertiary/aromatic N) is 1. The molecule has 1 saturated heterocycles. The van der Waals surface area contributed by atoms with Gasteiger partial charge < -0.3 is 4.90 Å². The second-order valence-electron chi connectivity index (χ2n) is 2.60. The molecule has 1 rings (SSSR count). The number of likely N-dealkylation sites (tertiary alicyclic amines) is 1. The third kappa shape index (κ3) is 1.93. The van der Waals surface area contributed by atoms with Crippen LogP contribution < -0.4 is 0 Å². The Morgan fingerprint density at radius 3 is 2.15 bits per heavy atom. The highest BCUT2D eigenvalue weighted by Crippen LogP contribution is 2.27. The lowest BCUT2D eigenvalue weighted by Gasteiger charge is -2.38. The molecule has 0 aromatic heterocycles. The average Bonchev–Trinajstić information content (AvgIpc) is 1.80. The van der Waals surface area contributed by atoms with Crippen molar-refractivity contribution in [3.63, 3.8) is 0 Å². The summed E-state index contributed by atoms with van der Waals surface area (Å²) in [5.41, 5.74) is 0. The molecule has 3 nitrogen and oxygen atoms in total. The van der Waals surface area contributed by atoms with Crippen LogP contribution in [-0.4, -0.2) is 34.8 Å². The minimum atomic E-state index is -4.93. The van der Waals surface area contributed by atoms with Crippen molar-refractivity contribution in [1.29, 1.82) is 0 Å². The maximum absolute atomic E-state index is 11.8. The average molecular weight is 216 g/mol. The fourth-order valence-corrected chi connectivity index (χ4v) is 1.26. The lowest BCUT2D eigenvalue weighted by Crippen LogP contribution is -2.57. The maximum Gasteiger partial charge on any atom is 0.471 e. The Hall–Kier alpha value is -0.780. The van der Waals surface area contributed by atoms with Crippen molar-refractivity contribution < 1.29 is 22.8 Å². The van der Waals surface area contributed by atoms with Crippen LogP contribution in [0.15, 0.2) is 0 Å². The third-order valence-corrected chi connectivity index (χ3v) is 2.04. The van der Waals surface area contributed by atoms with Gasteiger partial charge in [0.1, 0.15) is 6.04 Å². The summed E-state index contributed by atoms with van der Waals surface area (Å²) in [5.74, 6) is -2.00. The van der Waals surface area contributed by atoms with Gasteiger partial charge in [0.05, 0.1) is 0 Å². The van der Waals surface area contributed by atoms with Crippen molar-refractivity contribution in [3.05, 3.63) is 0 Å². The summed E-state index contributed by atoms with van der Waals surface area (Å²) in [7, 11) is 0. The van der Waals surface area contributed by atoms with Crippen LogP contribution in [0.25, 0.3) is 0 Å². The SMILES string of the molecule is O=C(Cl)[C@@H]1CCN1C(=O)C(F)(F)F. The van der Waals surface area contributed by atoms with Crippen LogP contribution in [0, 0.1) is 0 Å². The predicted molar refractivity (Wildman–Crippen MR) is 37.0 cm³/mol. The van der Waals surface area contributed by atoms with E-state index in [1.807, 2.05) is 0 Å². The van der Waals surface area contributed by atoms with E-state index in [9.17, 15) is 22.8 Å². The van der Waals surface area contributed by atoms with Crippen molar-refractivity contribution in [2.75, 3.05) is 6.54 Å². The fraction of sp³-hybridized carbons (Fsp3) is 0.667. The highest BCUT2D eigenvalue weighted by molar-refractivity contribution is 6.65. The number of halogens is 4. The number of hydrogen-bond acceptors (Lipinski definition) is 2. The van der Waals surface area contributed by atoms with E-state index in [1.165, 1.54) is 0 Å². The summed E-state index contributed by atoms with van der Waals surface area (Å²) in [5, 5.41) is -0.927. The van der Waals surface area contributed by atoms with Crippen molar-refractivity contribution in [2.45, 2.75) is 18.6 Å². The van der Waals surface area contributed by atoms with Crippen LogP contribution in [0.3, 0.4) is 0 Å². The molecule has 13 heavy (non-hydrogen) atoms. The van der Waals surface area contributed by atoms with Crippen LogP contribution in [-0.2, 0) is 9.59 Å². The zero-order valence-corrected chi connectivity index (χ0v) is 7.02. The Kier molecular flexibility index (Phi) is 2.51. The standard InChI is InChI=1S/C6H5ClF3NO2/c7-4(12)3-1-2-11(3)5(13)6(8,9)10/h3H,1-2H2/t3-/m0/s1. The zero-order chi connectivity index (χ0) is 10.2.